The van der Waals surface area contributed by atoms with Crippen molar-refractivity contribution in [1.82, 2.24) is 20.2 Å². The number of amides is 2. The first-order valence-corrected chi connectivity index (χ1v) is 12.8. The fraction of sp³-hybridized carbons (Fsp3) is 0.429. The van der Waals surface area contributed by atoms with Crippen LogP contribution in [0, 0.1) is 12.7 Å². The molecule has 1 aliphatic carbocycles. The SMILES string of the molecule is CCC(C=O)c1cc2n(c(=O)c1COC)Cc1c-2nc2cc(F)c(C)c3c2c1C(NC(=O)NCCO)CC3. The smallest absolute Gasteiger partial charge is 0.315 e. The number of hydrogen-bond donors (Lipinski definition) is 3. The van der Waals surface area contributed by atoms with Gasteiger partial charge >= 0.3 is 6.03 Å². The summed E-state index contributed by atoms with van der Waals surface area (Å²) < 4.78 is 21.9. The molecule has 3 aromatic rings. The van der Waals surface area contributed by atoms with Crippen LogP contribution in [0.5, 0.6) is 0 Å². The second kappa shape index (κ2) is 10.3. The van der Waals surface area contributed by atoms with Crippen molar-refractivity contribution in [2.24, 2.45) is 0 Å². The van der Waals surface area contributed by atoms with Crippen LogP contribution in [0.1, 0.15) is 65.1 Å². The lowest BCUT2D eigenvalue weighted by molar-refractivity contribution is -0.109. The number of urea groups is 1. The monoisotopic (exact) mass is 522 g/mol. The number of aryl methyl sites for hydroxylation is 1. The number of aliphatic hydroxyl groups is 1. The molecule has 1 aromatic carbocycles. The number of methoxy groups -OCH3 is 1. The molecule has 38 heavy (non-hydrogen) atoms. The zero-order valence-electron chi connectivity index (χ0n) is 21.7. The van der Waals surface area contributed by atoms with E-state index >= 15 is 0 Å². The summed E-state index contributed by atoms with van der Waals surface area (Å²) in [7, 11) is 1.51. The normalized spacial score (nSPS) is 16.2. The number of aldehydes is 1. The van der Waals surface area contributed by atoms with Crippen molar-refractivity contribution in [2.75, 3.05) is 20.3 Å². The Hall–Kier alpha value is -3.63. The molecule has 2 aromatic heterocycles. The quantitative estimate of drug-likeness (QED) is 0.306. The zero-order valence-corrected chi connectivity index (χ0v) is 21.7. The average Bonchev–Trinajstić information content (AvgIpc) is 3.27. The van der Waals surface area contributed by atoms with Crippen molar-refractivity contribution in [1.29, 1.82) is 0 Å². The molecule has 0 saturated heterocycles. The van der Waals surface area contributed by atoms with E-state index in [0.717, 1.165) is 28.4 Å². The Morgan fingerprint density at radius 1 is 1.37 bits per heavy atom. The highest BCUT2D eigenvalue weighted by Crippen LogP contribution is 2.45. The van der Waals surface area contributed by atoms with Crippen molar-refractivity contribution >= 4 is 23.2 Å². The number of fused-ring (bicyclic) bond motifs is 4. The van der Waals surface area contributed by atoms with E-state index in [-0.39, 0.29) is 37.7 Å². The first-order valence-electron chi connectivity index (χ1n) is 12.8. The molecule has 10 heteroatoms. The number of halogens is 1. The lowest BCUT2D eigenvalue weighted by Gasteiger charge is -2.29. The third kappa shape index (κ3) is 4.08. The number of aromatic nitrogens is 2. The number of nitrogens with zero attached hydrogens (tertiary/aromatic N) is 2. The number of carbonyl (C=O) groups is 2. The highest BCUT2D eigenvalue weighted by atomic mass is 19.1. The van der Waals surface area contributed by atoms with Gasteiger partial charge in [-0.05, 0) is 54.5 Å². The van der Waals surface area contributed by atoms with Gasteiger partial charge in [-0.25, -0.2) is 14.2 Å². The van der Waals surface area contributed by atoms with Crippen LogP contribution in [0.3, 0.4) is 0 Å². The summed E-state index contributed by atoms with van der Waals surface area (Å²) in [5.74, 6) is -0.825. The van der Waals surface area contributed by atoms with Crippen LogP contribution in [0.2, 0.25) is 0 Å². The Kier molecular flexibility index (Phi) is 7.02. The van der Waals surface area contributed by atoms with Gasteiger partial charge in [-0.15, -0.1) is 0 Å². The molecule has 0 radical (unpaired) electrons. The van der Waals surface area contributed by atoms with E-state index in [1.165, 1.54) is 13.2 Å². The minimum absolute atomic E-state index is 0.0706. The molecule has 3 N–H and O–H groups in total. The van der Waals surface area contributed by atoms with E-state index in [9.17, 15) is 18.8 Å². The molecule has 2 unspecified atom stereocenters. The van der Waals surface area contributed by atoms with Crippen LogP contribution in [0.25, 0.3) is 22.3 Å². The number of rotatable bonds is 8. The summed E-state index contributed by atoms with van der Waals surface area (Å²) in [4.78, 5) is 43.0. The van der Waals surface area contributed by atoms with Gasteiger partial charge in [0, 0.05) is 42.2 Å². The Labute approximate surface area is 219 Å². The van der Waals surface area contributed by atoms with E-state index in [2.05, 4.69) is 10.6 Å². The van der Waals surface area contributed by atoms with Crippen LogP contribution < -0.4 is 16.2 Å². The van der Waals surface area contributed by atoms with Crippen LogP contribution in [0.4, 0.5) is 9.18 Å². The summed E-state index contributed by atoms with van der Waals surface area (Å²) in [6.45, 7) is 3.87. The first-order chi connectivity index (χ1) is 18.3. The van der Waals surface area contributed by atoms with Crippen molar-refractivity contribution in [3.63, 3.8) is 0 Å². The highest BCUT2D eigenvalue weighted by molar-refractivity contribution is 5.93. The van der Waals surface area contributed by atoms with Gasteiger partial charge in [-0.3, -0.25) is 4.79 Å². The van der Waals surface area contributed by atoms with Gasteiger partial charge in [0.05, 0.1) is 42.7 Å². The van der Waals surface area contributed by atoms with Crippen LogP contribution in [-0.2, 0) is 29.1 Å². The summed E-state index contributed by atoms with van der Waals surface area (Å²) in [6, 6.07) is 2.43. The predicted octanol–water partition coefficient (Wildman–Crippen LogP) is 2.99. The van der Waals surface area contributed by atoms with Crippen molar-refractivity contribution in [3.05, 3.63) is 61.7 Å². The molecular weight excluding hydrogens is 491 g/mol. The Bertz CT molecular complexity index is 1520. The molecule has 2 atom stereocenters. The molecule has 0 saturated carbocycles. The van der Waals surface area contributed by atoms with Crippen molar-refractivity contribution in [2.45, 2.75) is 58.2 Å². The van der Waals surface area contributed by atoms with E-state index in [1.807, 2.05) is 13.0 Å². The van der Waals surface area contributed by atoms with E-state index in [0.29, 0.717) is 52.9 Å². The molecule has 0 spiro atoms. The number of benzene rings is 1. The average molecular weight is 523 g/mol. The Morgan fingerprint density at radius 3 is 2.84 bits per heavy atom. The fourth-order valence-corrected chi connectivity index (χ4v) is 5.90. The van der Waals surface area contributed by atoms with E-state index in [1.54, 1.807) is 11.5 Å². The number of nitrogens with one attached hydrogen (secondary N) is 2. The molecule has 2 amide bonds. The van der Waals surface area contributed by atoms with Gasteiger partial charge in [0.2, 0.25) is 0 Å². The fourth-order valence-electron chi connectivity index (χ4n) is 5.90. The maximum atomic E-state index is 15.0. The molecule has 2 aliphatic rings. The molecule has 5 rings (SSSR count). The number of ether oxygens (including phenoxy) is 1. The Balaban J connectivity index is 1.76. The second-order valence-electron chi connectivity index (χ2n) is 9.86. The van der Waals surface area contributed by atoms with Gasteiger partial charge < -0.3 is 29.8 Å². The standard InChI is InChI=1S/C28H31FN4O5/c1-4-15(12-35)17-9-23-26-18(11-33(23)27(36)19(17)13-38-3)25-21(32-28(37)30-7-8-34)6-5-16-14(2)20(29)10-22(31-26)24(16)25/h9-10,12,15,21,34H,4-8,11,13H2,1-3H3,(H2,30,32,37). The molecule has 200 valence electrons. The second-order valence-corrected chi connectivity index (χ2v) is 9.86. The zero-order chi connectivity index (χ0) is 27.1. The number of hydrogen-bond acceptors (Lipinski definition) is 6. The molecule has 1 aliphatic heterocycles. The van der Waals surface area contributed by atoms with E-state index in [4.69, 9.17) is 14.8 Å². The third-order valence-electron chi connectivity index (χ3n) is 7.76. The summed E-state index contributed by atoms with van der Waals surface area (Å²) >= 11 is 0. The lowest BCUT2D eigenvalue weighted by Crippen LogP contribution is -2.40. The van der Waals surface area contributed by atoms with Gasteiger partial charge in [0.15, 0.2) is 0 Å². The summed E-state index contributed by atoms with van der Waals surface area (Å²) in [6.07, 6.45) is 2.47. The topological polar surface area (TPSA) is 123 Å². The number of aliphatic hydroxyl groups excluding tert-OH is 1. The maximum absolute atomic E-state index is 15.0. The number of pyridine rings is 2. The minimum Gasteiger partial charge on any atom is -0.395 e. The number of carbonyl (C=O) groups excluding carboxylic acids is 2. The summed E-state index contributed by atoms with van der Waals surface area (Å²) in [5.41, 5.74) is 5.40. The molecular formula is C28H31FN4O5. The molecule has 3 heterocycles. The lowest BCUT2D eigenvalue weighted by atomic mass is 9.81. The third-order valence-corrected chi connectivity index (χ3v) is 7.76. The highest BCUT2D eigenvalue weighted by Gasteiger charge is 2.35. The maximum Gasteiger partial charge on any atom is 0.315 e. The van der Waals surface area contributed by atoms with Crippen LogP contribution >= 0.6 is 0 Å². The summed E-state index contributed by atoms with van der Waals surface area (Å²) in [5, 5.41) is 15.5. The first kappa shape index (κ1) is 26.0. The van der Waals surface area contributed by atoms with Gasteiger partial charge in [-0.2, -0.15) is 0 Å². The molecule has 0 fully saturated rings. The Morgan fingerprint density at radius 2 is 2.16 bits per heavy atom. The predicted molar refractivity (Wildman–Crippen MR) is 140 cm³/mol. The van der Waals surface area contributed by atoms with Crippen LogP contribution in [-0.4, -0.2) is 47.2 Å². The minimum atomic E-state index is -0.474. The van der Waals surface area contributed by atoms with Gasteiger partial charge in [-0.1, -0.05) is 6.92 Å². The van der Waals surface area contributed by atoms with Crippen molar-refractivity contribution < 1.29 is 23.8 Å². The van der Waals surface area contributed by atoms with E-state index < -0.39 is 18.0 Å². The van der Waals surface area contributed by atoms with Gasteiger partial charge in [0.1, 0.15) is 12.1 Å². The molecule has 9 nitrogen and oxygen atoms in total. The van der Waals surface area contributed by atoms with Crippen LogP contribution in [0.15, 0.2) is 16.9 Å². The van der Waals surface area contributed by atoms with Gasteiger partial charge in [0.25, 0.3) is 5.56 Å². The van der Waals surface area contributed by atoms with Crippen molar-refractivity contribution in [3.8, 4) is 11.4 Å². The largest absolute Gasteiger partial charge is 0.395 e. The molecule has 0 bridgehead atoms.